The van der Waals surface area contributed by atoms with E-state index in [1.807, 2.05) is 24.3 Å². The predicted molar refractivity (Wildman–Crippen MR) is 81.5 cm³/mol. The van der Waals surface area contributed by atoms with E-state index in [0.717, 1.165) is 12.0 Å². The molecule has 5 nitrogen and oxygen atoms in total. The van der Waals surface area contributed by atoms with Crippen molar-refractivity contribution in [3.63, 3.8) is 0 Å². The van der Waals surface area contributed by atoms with Gasteiger partial charge in [-0.25, -0.2) is 0 Å². The highest BCUT2D eigenvalue weighted by Crippen LogP contribution is 2.28. The van der Waals surface area contributed by atoms with E-state index in [1.54, 1.807) is 19.2 Å². The third-order valence-corrected chi connectivity index (χ3v) is 3.04. The quantitative estimate of drug-likeness (QED) is 0.798. The molecule has 4 N–H and O–H groups in total. The summed E-state index contributed by atoms with van der Waals surface area (Å²) in [4.78, 5) is 11.2. The predicted octanol–water partition coefficient (Wildman–Crippen LogP) is 2.35. The average Bonchev–Trinajstić information content (AvgIpc) is 2.48. The summed E-state index contributed by atoms with van der Waals surface area (Å²) < 4.78 is 10.7. The summed E-state index contributed by atoms with van der Waals surface area (Å²) in [6.07, 6.45) is 0.843. The van der Waals surface area contributed by atoms with Gasteiger partial charge in [-0.15, -0.1) is 0 Å². The molecule has 0 aliphatic rings. The molecule has 0 spiro atoms. The molecule has 0 aromatic heterocycles. The average molecular weight is 286 g/mol. The molecule has 0 unspecified atom stereocenters. The second-order valence-electron chi connectivity index (χ2n) is 4.61. The van der Waals surface area contributed by atoms with Crippen molar-refractivity contribution in [3.8, 4) is 11.5 Å². The Morgan fingerprint density at radius 2 is 1.86 bits per heavy atom. The smallest absolute Gasteiger partial charge is 0.248 e. The van der Waals surface area contributed by atoms with Crippen LogP contribution in [0.2, 0.25) is 0 Å². The SMILES string of the molecule is COCCc1ccc(Oc2cc(C(N)=O)ccc2N)cc1. The Kier molecular flexibility index (Phi) is 4.79. The van der Waals surface area contributed by atoms with Crippen molar-refractivity contribution in [3.05, 3.63) is 53.6 Å². The number of carbonyl (C=O) groups excluding carboxylic acids is 1. The Bertz CT molecular complexity index is 624. The standard InChI is InChI=1S/C16H18N2O3/c1-20-9-8-11-2-5-13(6-3-11)21-15-10-12(16(18)19)4-7-14(15)17/h2-7,10H,8-9,17H2,1H3,(H2,18,19). The molecule has 0 radical (unpaired) electrons. The van der Waals surface area contributed by atoms with Crippen molar-refractivity contribution < 1.29 is 14.3 Å². The van der Waals surface area contributed by atoms with Crippen molar-refractivity contribution in [2.24, 2.45) is 5.73 Å². The Balaban J connectivity index is 2.14. The Morgan fingerprint density at radius 3 is 2.48 bits per heavy atom. The van der Waals surface area contributed by atoms with Crippen LogP contribution in [0.3, 0.4) is 0 Å². The monoisotopic (exact) mass is 286 g/mol. The highest BCUT2D eigenvalue weighted by Gasteiger charge is 2.07. The van der Waals surface area contributed by atoms with Gasteiger partial charge in [0.05, 0.1) is 12.3 Å². The lowest BCUT2D eigenvalue weighted by Gasteiger charge is -2.10. The minimum absolute atomic E-state index is 0.357. The number of ether oxygens (including phenoxy) is 2. The summed E-state index contributed by atoms with van der Waals surface area (Å²) in [7, 11) is 1.67. The molecule has 21 heavy (non-hydrogen) atoms. The summed E-state index contributed by atoms with van der Waals surface area (Å²) in [6, 6.07) is 12.3. The largest absolute Gasteiger partial charge is 0.455 e. The molecular weight excluding hydrogens is 268 g/mol. The fraction of sp³-hybridized carbons (Fsp3) is 0.188. The second kappa shape index (κ2) is 6.76. The van der Waals surface area contributed by atoms with Gasteiger partial charge in [-0.05, 0) is 42.3 Å². The van der Waals surface area contributed by atoms with Gasteiger partial charge in [0.1, 0.15) is 5.75 Å². The zero-order valence-electron chi connectivity index (χ0n) is 11.8. The van der Waals surface area contributed by atoms with E-state index in [9.17, 15) is 4.79 Å². The number of nitrogens with two attached hydrogens (primary N) is 2. The van der Waals surface area contributed by atoms with E-state index in [-0.39, 0.29) is 0 Å². The summed E-state index contributed by atoms with van der Waals surface area (Å²) >= 11 is 0. The van der Waals surface area contributed by atoms with Gasteiger partial charge in [0.15, 0.2) is 5.75 Å². The number of benzene rings is 2. The summed E-state index contributed by atoms with van der Waals surface area (Å²) in [5.74, 6) is 0.537. The number of rotatable bonds is 6. The molecule has 0 aliphatic heterocycles. The zero-order chi connectivity index (χ0) is 15.2. The lowest BCUT2D eigenvalue weighted by Crippen LogP contribution is -2.11. The number of anilines is 1. The van der Waals surface area contributed by atoms with Crippen molar-refractivity contribution in [2.45, 2.75) is 6.42 Å². The van der Waals surface area contributed by atoms with E-state index in [2.05, 4.69) is 0 Å². The molecule has 0 heterocycles. The van der Waals surface area contributed by atoms with Crippen LogP contribution in [0.5, 0.6) is 11.5 Å². The second-order valence-corrected chi connectivity index (χ2v) is 4.61. The Labute approximate surface area is 123 Å². The number of nitrogen functional groups attached to an aromatic ring is 1. The van der Waals surface area contributed by atoms with Gasteiger partial charge >= 0.3 is 0 Å². The third kappa shape index (κ3) is 3.97. The van der Waals surface area contributed by atoms with Gasteiger partial charge < -0.3 is 20.9 Å². The summed E-state index contributed by atoms with van der Waals surface area (Å²) in [6.45, 7) is 0.674. The molecular formula is C16H18N2O3. The normalized spacial score (nSPS) is 10.3. The van der Waals surface area contributed by atoms with Crippen LogP contribution in [0.4, 0.5) is 5.69 Å². The van der Waals surface area contributed by atoms with Gasteiger partial charge in [-0.3, -0.25) is 4.79 Å². The van der Waals surface area contributed by atoms with Crippen molar-refractivity contribution in [1.82, 2.24) is 0 Å². The van der Waals surface area contributed by atoms with Gasteiger partial charge in [0.2, 0.25) is 5.91 Å². The first kappa shape index (κ1) is 14.9. The summed E-state index contributed by atoms with van der Waals surface area (Å²) in [5.41, 5.74) is 13.0. The van der Waals surface area contributed by atoms with Crippen molar-refractivity contribution in [2.75, 3.05) is 19.5 Å². The van der Waals surface area contributed by atoms with Crippen LogP contribution in [0, 0.1) is 0 Å². The molecule has 2 rings (SSSR count). The fourth-order valence-corrected chi connectivity index (χ4v) is 1.85. The number of hydrogen-bond acceptors (Lipinski definition) is 4. The highest BCUT2D eigenvalue weighted by atomic mass is 16.5. The van der Waals surface area contributed by atoms with E-state index in [0.29, 0.717) is 29.4 Å². The summed E-state index contributed by atoms with van der Waals surface area (Å²) in [5, 5.41) is 0. The maximum absolute atomic E-state index is 11.2. The molecule has 0 fully saturated rings. The van der Waals surface area contributed by atoms with Crippen LogP contribution < -0.4 is 16.2 Å². The molecule has 2 aromatic carbocycles. The topological polar surface area (TPSA) is 87.6 Å². The minimum atomic E-state index is -0.519. The number of methoxy groups -OCH3 is 1. The van der Waals surface area contributed by atoms with Crippen LogP contribution in [0.25, 0.3) is 0 Å². The van der Waals surface area contributed by atoms with Gasteiger partial charge in [-0.2, -0.15) is 0 Å². The van der Waals surface area contributed by atoms with E-state index >= 15 is 0 Å². The van der Waals surface area contributed by atoms with Crippen LogP contribution in [-0.4, -0.2) is 19.6 Å². The van der Waals surface area contributed by atoms with Crippen molar-refractivity contribution in [1.29, 1.82) is 0 Å². The molecule has 0 saturated carbocycles. The molecule has 0 aliphatic carbocycles. The molecule has 0 saturated heterocycles. The lowest BCUT2D eigenvalue weighted by atomic mass is 10.1. The first-order valence-electron chi connectivity index (χ1n) is 6.55. The first-order chi connectivity index (χ1) is 10.1. The number of primary amides is 1. The Hall–Kier alpha value is -2.53. The number of carbonyl (C=O) groups is 1. The molecule has 1 amide bonds. The number of hydrogen-bond donors (Lipinski definition) is 2. The van der Waals surface area contributed by atoms with Crippen molar-refractivity contribution >= 4 is 11.6 Å². The van der Waals surface area contributed by atoms with Crippen LogP contribution >= 0.6 is 0 Å². The molecule has 110 valence electrons. The molecule has 0 atom stereocenters. The maximum atomic E-state index is 11.2. The van der Waals surface area contributed by atoms with E-state index < -0.39 is 5.91 Å². The van der Waals surface area contributed by atoms with E-state index in [1.165, 1.54) is 6.07 Å². The minimum Gasteiger partial charge on any atom is -0.455 e. The molecule has 0 bridgehead atoms. The Morgan fingerprint density at radius 1 is 1.14 bits per heavy atom. The van der Waals surface area contributed by atoms with Gasteiger partial charge in [0.25, 0.3) is 0 Å². The van der Waals surface area contributed by atoms with E-state index in [4.69, 9.17) is 20.9 Å². The fourth-order valence-electron chi connectivity index (χ4n) is 1.85. The number of amides is 1. The highest BCUT2D eigenvalue weighted by molar-refractivity contribution is 5.93. The lowest BCUT2D eigenvalue weighted by molar-refractivity contribution is 0.1000. The van der Waals surface area contributed by atoms with Crippen LogP contribution in [-0.2, 0) is 11.2 Å². The molecule has 2 aromatic rings. The van der Waals surface area contributed by atoms with Gasteiger partial charge in [-0.1, -0.05) is 12.1 Å². The first-order valence-corrected chi connectivity index (χ1v) is 6.55. The maximum Gasteiger partial charge on any atom is 0.248 e. The zero-order valence-corrected chi connectivity index (χ0v) is 11.8. The third-order valence-electron chi connectivity index (χ3n) is 3.04. The van der Waals surface area contributed by atoms with Crippen LogP contribution in [0.1, 0.15) is 15.9 Å². The van der Waals surface area contributed by atoms with Crippen LogP contribution in [0.15, 0.2) is 42.5 Å². The molecule has 5 heteroatoms. The van der Waals surface area contributed by atoms with Gasteiger partial charge in [0, 0.05) is 12.7 Å².